The molecule has 0 unspecified atom stereocenters. The Labute approximate surface area is 64.2 Å². The standard InChI is InChI=1S/C7H9NO3/c1-11-7-3-2-6(5-9)8(10)4-7/h2-4,9H,5H2,1H3. The molecule has 0 amide bonds. The van der Waals surface area contributed by atoms with Crippen LogP contribution in [0.2, 0.25) is 0 Å². The van der Waals surface area contributed by atoms with Crippen LogP contribution in [0, 0.1) is 5.21 Å². The van der Waals surface area contributed by atoms with Crippen molar-refractivity contribution in [2.75, 3.05) is 7.11 Å². The summed E-state index contributed by atoms with van der Waals surface area (Å²) in [6, 6.07) is 3.14. The van der Waals surface area contributed by atoms with Crippen LogP contribution in [0.5, 0.6) is 5.75 Å². The first-order valence-electron chi connectivity index (χ1n) is 3.15. The van der Waals surface area contributed by atoms with E-state index in [0.717, 1.165) is 0 Å². The van der Waals surface area contributed by atoms with Gasteiger partial charge in [0.25, 0.3) is 0 Å². The number of aliphatic hydroxyl groups excluding tert-OH is 1. The Kier molecular flexibility index (Phi) is 2.28. The SMILES string of the molecule is COc1ccc(CO)[n+]([O-])c1. The largest absolute Gasteiger partial charge is 0.618 e. The van der Waals surface area contributed by atoms with E-state index in [1.807, 2.05) is 0 Å². The van der Waals surface area contributed by atoms with Gasteiger partial charge in [-0.15, -0.1) is 0 Å². The van der Waals surface area contributed by atoms with E-state index in [2.05, 4.69) is 0 Å². The highest BCUT2D eigenvalue weighted by Crippen LogP contribution is 2.05. The van der Waals surface area contributed by atoms with E-state index in [-0.39, 0.29) is 6.61 Å². The van der Waals surface area contributed by atoms with E-state index in [1.54, 1.807) is 6.07 Å². The van der Waals surface area contributed by atoms with Gasteiger partial charge < -0.3 is 15.1 Å². The lowest BCUT2D eigenvalue weighted by Gasteiger charge is -2.02. The number of aliphatic hydroxyl groups is 1. The van der Waals surface area contributed by atoms with Gasteiger partial charge in [-0.1, -0.05) is 0 Å². The van der Waals surface area contributed by atoms with Gasteiger partial charge in [-0.25, -0.2) is 0 Å². The first-order valence-corrected chi connectivity index (χ1v) is 3.15. The van der Waals surface area contributed by atoms with Crippen LogP contribution in [0.25, 0.3) is 0 Å². The van der Waals surface area contributed by atoms with Gasteiger partial charge in [-0.2, -0.15) is 4.73 Å². The second kappa shape index (κ2) is 3.21. The van der Waals surface area contributed by atoms with Gasteiger partial charge in [-0.3, -0.25) is 0 Å². The maximum Gasteiger partial charge on any atom is 0.222 e. The Balaban J connectivity index is 2.99. The molecule has 0 fully saturated rings. The highest BCUT2D eigenvalue weighted by Gasteiger charge is 2.03. The number of aromatic nitrogens is 1. The zero-order chi connectivity index (χ0) is 8.27. The first kappa shape index (κ1) is 7.81. The first-order chi connectivity index (χ1) is 5.27. The average molecular weight is 155 g/mol. The van der Waals surface area contributed by atoms with Crippen molar-refractivity contribution < 1.29 is 14.6 Å². The molecule has 0 aliphatic heterocycles. The van der Waals surface area contributed by atoms with Crippen LogP contribution >= 0.6 is 0 Å². The van der Waals surface area contributed by atoms with Gasteiger partial charge in [0.1, 0.15) is 6.61 Å². The lowest BCUT2D eigenvalue weighted by molar-refractivity contribution is -0.616. The quantitative estimate of drug-likeness (QED) is 0.476. The molecular formula is C7H9NO3. The topological polar surface area (TPSA) is 56.4 Å². The summed E-state index contributed by atoms with van der Waals surface area (Å²) >= 11 is 0. The van der Waals surface area contributed by atoms with E-state index in [9.17, 15) is 5.21 Å². The van der Waals surface area contributed by atoms with Crippen LogP contribution in [-0.2, 0) is 6.61 Å². The van der Waals surface area contributed by atoms with Crippen molar-refractivity contribution >= 4 is 0 Å². The number of rotatable bonds is 2. The van der Waals surface area contributed by atoms with Crippen LogP contribution in [0.15, 0.2) is 18.3 Å². The molecule has 60 valence electrons. The summed E-state index contributed by atoms with van der Waals surface area (Å²) in [5.74, 6) is 0.484. The number of pyridine rings is 1. The number of nitrogens with zero attached hydrogens (tertiary/aromatic N) is 1. The van der Waals surface area contributed by atoms with Crippen LogP contribution in [0.3, 0.4) is 0 Å². The highest BCUT2D eigenvalue weighted by atomic mass is 16.5. The maximum atomic E-state index is 10.9. The summed E-state index contributed by atoms with van der Waals surface area (Å²) in [5.41, 5.74) is 0.311. The number of ether oxygens (including phenoxy) is 1. The Hall–Kier alpha value is -1.29. The molecule has 4 nitrogen and oxygen atoms in total. The molecule has 4 heteroatoms. The normalized spacial score (nSPS) is 9.64. The summed E-state index contributed by atoms with van der Waals surface area (Å²) in [4.78, 5) is 0. The minimum atomic E-state index is -0.256. The lowest BCUT2D eigenvalue weighted by atomic mass is 10.3. The third kappa shape index (κ3) is 1.59. The molecule has 1 heterocycles. The molecule has 0 atom stereocenters. The minimum absolute atomic E-state index is 0.256. The van der Waals surface area contributed by atoms with Crippen molar-refractivity contribution in [2.24, 2.45) is 0 Å². The highest BCUT2D eigenvalue weighted by molar-refractivity contribution is 5.15. The molecule has 1 aromatic heterocycles. The molecule has 1 rings (SSSR count). The molecule has 0 saturated heterocycles. The molecule has 0 aliphatic carbocycles. The van der Waals surface area contributed by atoms with E-state index in [1.165, 1.54) is 19.4 Å². The maximum absolute atomic E-state index is 10.9. The summed E-state index contributed by atoms with van der Waals surface area (Å²) in [6.45, 7) is -0.256. The summed E-state index contributed by atoms with van der Waals surface area (Å²) < 4.78 is 5.37. The summed E-state index contributed by atoms with van der Waals surface area (Å²) in [5, 5.41) is 19.5. The Morgan fingerprint density at radius 2 is 2.36 bits per heavy atom. The van der Waals surface area contributed by atoms with Gasteiger partial charge in [0.15, 0.2) is 5.75 Å². The predicted molar refractivity (Wildman–Crippen MR) is 37.9 cm³/mol. The average Bonchev–Trinajstić information content (AvgIpc) is 2.04. The van der Waals surface area contributed by atoms with Crippen molar-refractivity contribution in [1.29, 1.82) is 0 Å². The van der Waals surface area contributed by atoms with Gasteiger partial charge >= 0.3 is 0 Å². The van der Waals surface area contributed by atoms with E-state index in [4.69, 9.17) is 9.84 Å². The third-order valence-corrected chi connectivity index (χ3v) is 1.37. The molecule has 1 N–H and O–H groups in total. The third-order valence-electron chi connectivity index (χ3n) is 1.37. The van der Waals surface area contributed by atoms with Gasteiger partial charge in [0.2, 0.25) is 11.9 Å². The van der Waals surface area contributed by atoms with Crippen LogP contribution in [-0.4, -0.2) is 12.2 Å². The van der Waals surface area contributed by atoms with Crippen molar-refractivity contribution in [3.8, 4) is 5.75 Å². The molecule has 1 aromatic rings. The summed E-state index contributed by atoms with van der Waals surface area (Å²) in [7, 11) is 1.48. The zero-order valence-corrected chi connectivity index (χ0v) is 6.15. The fourth-order valence-electron chi connectivity index (χ4n) is 0.736. The molecule has 0 saturated carbocycles. The second-order valence-electron chi connectivity index (χ2n) is 2.04. The lowest BCUT2D eigenvalue weighted by Crippen LogP contribution is -2.31. The van der Waals surface area contributed by atoms with Crippen molar-refractivity contribution in [3.63, 3.8) is 0 Å². The number of methoxy groups -OCH3 is 1. The summed E-state index contributed by atoms with van der Waals surface area (Å²) in [6.07, 6.45) is 1.27. The van der Waals surface area contributed by atoms with Gasteiger partial charge in [0.05, 0.1) is 7.11 Å². The van der Waals surface area contributed by atoms with Crippen molar-refractivity contribution in [1.82, 2.24) is 0 Å². The Morgan fingerprint density at radius 1 is 1.64 bits per heavy atom. The van der Waals surface area contributed by atoms with E-state index < -0.39 is 0 Å². The monoisotopic (exact) mass is 155 g/mol. The van der Waals surface area contributed by atoms with Crippen molar-refractivity contribution in [2.45, 2.75) is 6.61 Å². The van der Waals surface area contributed by atoms with Crippen molar-refractivity contribution in [3.05, 3.63) is 29.2 Å². The molecule has 0 aliphatic rings. The van der Waals surface area contributed by atoms with Gasteiger partial charge in [0, 0.05) is 6.07 Å². The van der Waals surface area contributed by atoms with Crippen LogP contribution in [0.4, 0.5) is 0 Å². The molecular weight excluding hydrogens is 146 g/mol. The van der Waals surface area contributed by atoms with Crippen LogP contribution < -0.4 is 9.47 Å². The Morgan fingerprint density at radius 3 is 2.82 bits per heavy atom. The van der Waals surface area contributed by atoms with E-state index >= 15 is 0 Å². The molecule has 0 radical (unpaired) electrons. The predicted octanol–water partition coefficient (Wildman–Crippen LogP) is -0.179. The molecule has 0 spiro atoms. The van der Waals surface area contributed by atoms with Gasteiger partial charge in [-0.05, 0) is 6.07 Å². The molecule has 0 bridgehead atoms. The van der Waals surface area contributed by atoms with Crippen LogP contribution in [0.1, 0.15) is 5.69 Å². The zero-order valence-electron chi connectivity index (χ0n) is 6.15. The fourth-order valence-corrected chi connectivity index (χ4v) is 0.736. The minimum Gasteiger partial charge on any atom is -0.618 e. The molecule has 0 aromatic carbocycles. The number of hydrogen-bond acceptors (Lipinski definition) is 3. The Bertz CT molecular complexity index is 249. The molecule has 11 heavy (non-hydrogen) atoms. The second-order valence-corrected chi connectivity index (χ2v) is 2.04. The van der Waals surface area contributed by atoms with E-state index in [0.29, 0.717) is 16.2 Å². The fraction of sp³-hybridized carbons (Fsp3) is 0.286. The number of hydrogen-bond donors (Lipinski definition) is 1. The smallest absolute Gasteiger partial charge is 0.222 e.